The highest BCUT2D eigenvalue weighted by Gasteiger charge is 2.18. The SMILES string of the molecule is CC(O)[C@H](N)C(=O)Nc1ccc(CCCCCOc2ccc(F)cc2)cc1. The quantitative estimate of drug-likeness (QED) is 0.557. The van der Waals surface area contributed by atoms with Gasteiger partial charge in [0.2, 0.25) is 5.91 Å². The van der Waals surface area contributed by atoms with Crippen molar-refractivity contribution in [2.24, 2.45) is 5.73 Å². The third-order valence-corrected chi connectivity index (χ3v) is 4.24. The summed E-state index contributed by atoms with van der Waals surface area (Å²) in [6.07, 6.45) is 3.05. The van der Waals surface area contributed by atoms with Crippen molar-refractivity contribution >= 4 is 11.6 Å². The van der Waals surface area contributed by atoms with Crippen LogP contribution in [0.5, 0.6) is 5.75 Å². The number of carbonyl (C=O) groups is 1. The van der Waals surface area contributed by atoms with Crippen molar-refractivity contribution in [1.29, 1.82) is 0 Å². The summed E-state index contributed by atoms with van der Waals surface area (Å²) >= 11 is 0. The fourth-order valence-corrected chi connectivity index (χ4v) is 2.53. The Labute approximate surface area is 159 Å². The minimum Gasteiger partial charge on any atom is -0.494 e. The lowest BCUT2D eigenvalue weighted by molar-refractivity contribution is -0.119. The molecule has 0 heterocycles. The van der Waals surface area contributed by atoms with Gasteiger partial charge in [-0.25, -0.2) is 4.39 Å². The number of carbonyl (C=O) groups excluding carboxylic acids is 1. The Bertz CT molecular complexity index is 702. The number of halogens is 1. The number of ether oxygens (including phenoxy) is 1. The molecule has 2 aromatic rings. The first-order chi connectivity index (χ1) is 13.0. The van der Waals surface area contributed by atoms with E-state index in [2.05, 4.69) is 5.32 Å². The highest BCUT2D eigenvalue weighted by molar-refractivity contribution is 5.95. The van der Waals surface area contributed by atoms with Gasteiger partial charge in [-0.2, -0.15) is 0 Å². The molecule has 0 bridgehead atoms. The Hall–Kier alpha value is -2.44. The number of rotatable bonds is 10. The fraction of sp³-hybridized carbons (Fsp3) is 0.381. The fourth-order valence-electron chi connectivity index (χ4n) is 2.53. The summed E-state index contributed by atoms with van der Waals surface area (Å²) < 4.78 is 18.4. The molecule has 0 spiro atoms. The molecule has 2 rings (SSSR count). The van der Waals surface area contributed by atoms with Crippen LogP contribution in [0.3, 0.4) is 0 Å². The van der Waals surface area contributed by atoms with E-state index in [0.29, 0.717) is 18.0 Å². The van der Waals surface area contributed by atoms with Crippen LogP contribution < -0.4 is 15.8 Å². The number of amides is 1. The van der Waals surface area contributed by atoms with Gasteiger partial charge in [-0.15, -0.1) is 0 Å². The number of nitrogens with two attached hydrogens (primary N) is 1. The molecule has 6 heteroatoms. The standard InChI is InChI=1S/C21H27FN2O3/c1-15(25)20(23)21(26)24-18-10-6-16(7-11-18)5-3-2-4-14-27-19-12-8-17(22)9-13-19/h6-13,15,20,25H,2-5,14,23H2,1H3,(H,24,26)/t15?,20-/m0/s1. The van der Waals surface area contributed by atoms with Gasteiger partial charge in [0.05, 0.1) is 12.7 Å². The van der Waals surface area contributed by atoms with E-state index < -0.39 is 18.1 Å². The zero-order valence-electron chi connectivity index (χ0n) is 15.5. The monoisotopic (exact) mass is 374 g/mol. The zero-order valence-corrected chi connectivity index (χ0v) is 15.5. The molecule has 1 amide bonds. The number of hydrogen-bond acceptors (Lipinski definition) is 4. The number of benzene rings is 2. The molecule has 27 heavy (non-hydrogen) atoms. The Morgan fingerprint density at radius 3 is 2.41 bits per heavy atom. The highest BCUT2D eigenvalue weighted by atomic mass is 19.1. The molecule has 2 aromatic carbocycles. The molecule has 0 saturated heterocycles. The van der Waals surface area contributed by atoms with Crippen LogP contribution in [0.4, 0.5) is 10.1 Å². The molecule has 0 aromatic heterocycles. The summed E-state index contributed by atoms with van der Waals surface area (Å²) in [7, 11) is 0. The van der Waals surface area contributed by atoms with Gasteiger partial charge >= 0.3 is 0 Å². The maximum absolute atomic E-state index is 12.8. The molecule has 0 radical (unpaired) electrons. The van der Waals surface area contributed by atoms with Crippen LogP contribution in [0.2, 0.25) is 0 Å². The second kappa shape index (κ2) is 10.6. The van der Waals surface area contributed by atoms with E-state index in [-0.39, 0.29) is 5.82 Å². The molecule has 5 nitrogen and oxygen atoms in total. The second-order valence-corrected chi connectivity index (χ2v) is 6.57. The minimum absolute atomic E-state index is 0.265. The van der Waals surface area contributed by atoms with Crippen molar-refractivity contribution in [1.82, 2.24) is 0 Å². The topological polar surface area (TPSA) is 84.6 Å². The van der Waals surface area contributed by atoms with E-state index in [0.717, 1.165) is 25.7 Å². The van der Waals surface area contributed by atoms with E-state index in [1.54, 1.807) is 12.1 Å². The number of aliphatic hydroxyl groups is 1. The van der Waals surface area contributed by atoms with Crippen LogP contribution in [0, 0.1) is 5.82 Å². The van der Waals surface area contributed by atoms with Crippen LogP contribution in [-0.4, -0.2) is 29.8 Å². The van der Waals surface area contributed by atoms with Crippen LogP contribution in [-0.2, 0) is 11.2 Å². The van der Waals surface area contributed by atoms with Gasteiger partial charge in [0.25, 0.3) is 0 Å². The van der Waals surface area contributed by atoms with Gasteiger partial charge in [0.15, 0.2) is 0 Å². The van der Waals surface area contributed by atoms with Crippen molar-refractivity contribution in [2.45, 2.75) is 44.8 Å². The maximum Gasteiger partial charge on any atom is 0.243 e. The molecule has 0 aliphatic rings. The van der Waals surface area contributed by atoms with Crippen LogP contribution in [0.25, 0.3) is 0 Å². The van der Waals surface area contributed by atoms with Gasteiger partial charge in [-0.05, 0) is 74.6 Å². The Morgan fingerprint density at radius 1 is 1.11 bits per heavy atom. The third kappa shape index (κ3) is 7.37. The molecule has 146 valence electrons. The van der Waals surface area contributed by atoms with Gasteiger partial charge in [0.1, 0.15) is 17.6 Å². The normalized spacial score (nSPS) is 13.0. The first-order valence-corrected chi connectivity index (χ1v) is 9.17. The Kier molecular flexibility index (Phi) is 8.23. The van der Waals surface area contributed by atoms with E-state index in [1.165, 1.54) is 24.6 Å². The Morgan fingerprint density at radius 2 is 1.78 bits per heavy atom. The molecule has 0 aliphatic carbocycles. The number of hydrogen-bond donors (Lipinski definition) is 3. The van der Waals surface area contributed by atoms with Crippen molar-refractivity contribution in [3.05, 3.63) is 59.9 Å². The second-order valence-electron chi connectivity index (χ2n) is 6.57. The number of anilines is 1. The minimum atomic E-state index is -0.943. The van der Waals surface area contributed by atoms with Crippen LogP contribution >= 0.6 is 0 Å². The van der Waals surface area contributed by atoms with Gasteiger partial charge in [0, 0.05) is 5.69 Å². The largest absolute Gasteiger partial charge is 0.494 e. The van der Waals surface area contributed by atoms with Crippen molar-refractivity contribution in [3.63, 3.8) is 0 Å². The summed E-state index contributed by atoms with van der Waals surface area (Å²) in [4.78, 5) is 11.8. The van der Waals surface area contributed by atoms with Gasteiger partial charge in [-0.3, -0.25) is 4.79 Å². The third-order valence-electron chi connectivity index (χ3n) is 4.24. The van der Waals surface area contributed by atoms with Crippen molar-refractivity contribution in [3.8, 4) is 5.75 Å². The average molecular weight is 374 g/mol. The number of nitrogens with one attached hydrogen (secondary N) is 1. The lowest BCUT2D eigenvalue weighted by Crippen LogP contribution is -2.43. The highest BCUT2D eigenvalue weighted by Crippen LogP contribution is 2.14. The molecule has 0 fully saturated rings. The molecule has 0 aliphatic heterocycles. The van der Waals surface area contributed by atoms with Gasteiger partial charge < -0.3 is 20.9 Å². The molecule has 1 unspecified atom stereocenters. The van der Waals surface area contributed by atoms with Crippen molar-refractivity contribution < 1.29 is 19.0 Å². The predicted molar refractivity (Wildman–Crippen MR) is 104 cm³/mol. The first kappa shape index (κ1) is 20.9. The first-order valence-electron chi connectivity index (χ1n) is 9.17. The Balaban J connectivity index is 1.63. The molecular formula is C21H27FN2O3. The molecule has 0 saturated carbocycles. The lowest BCUT2D eigenvalue weighted by atomic mass is 10.1. The lowest BCUT2D eigenvalue weighted by Gasteiger charge is -2.14. The van der Waals surface area contributed by atoms with E-state index in [4.69, 9.17) is 10.5 Å². The summed E-state index contributed by atoms with van der Waals surface area (Å²) in [5, 5.41) is 12.0. The molecule has 2 atom stereocenters. The van der Waals surface area contributed by atoms with Gasteiger partial charge in [-0.1, -0.05) is 12.1 Å². The number of aryl methyl sites for hydroxylation is 1. The summed E-state index contributed by atoms with van der Waals surface area (Å²) in [5.74, 6) is 0.0157. The maximum atomic E-state index is 12.8. The average Bonchev–Trinajstić information content (AvgIpc) is 2.66. The van der Waals surface area contributed by atoms with E-state index in [1.807, 2.05) is 24.3 Å². The summed E-state index contributed by atoms with van der Waals surface area (Å²) in [6, 6.07) is 12.7. The number of unbranched alkanes of at least 4 members (excludes halogenated alkanes) is 2. The predicted octanol–water partition coefficient (Wildman–Crippen LogP) is 3.26. The molecule has 4 N–H and O–H groups in total. The zero-order chi connectivity index (χ0) is 19.6. The van der Waals surface area contributed by atoms with E-state index in [9.17, 15) is 14.3 Å². The summed E-state index contributed by atoms with van der Waals surface area (Å²) in [6.45, 7) is 2.10. The van der Waals surface area contributed by atoms with Crippen molar-refractivity contribution in [2.75, 3.05) is 11.9 Å². The van der Waals surface area contributed by atoms with Crippen LogP contribution in [0.15, 0.2) is 48.5 Å². The van der Waals surface area contributed by atoms with E-state index >= 15 is 0 Å². The molecular weight excluding hydrogens is 347 g/mol. The summed E-state index contributed by atoms with van der Waals surface area (Å²) in [5.41, 5.74) is 7.45. The van der Waals surface area contributed by atoms with Crippen LogP contribution in [0.1, 0.15) is 31.7 Å². The smallest absolute Gasteiger partial charge is 0.243 e. The number of aliphatic hydroxyl groups excluding tert-OH is 1.